The summed E-state index contributed by atoms with van der Waals surface area (Å²) in [7, 11) is 1.71. The van der Waals surface area contributed by atoms with E-state index in [0.29, 0.717) is 5.11 Å². The number of benzene rings is 1. The van der Waals surface area contributed by atoms with Crippen molar-refractivity contribution in [2.24, 2.45) is 10.2 Å². The summed E-state index contributed by atoms with van der Waals surface area (Å²) in [6, 6.07) is 9.71. The Morgan fingerprint density at radius 2 is 1.95 bits per heavy atom. The zero-order valence-corrected chi connectivity index (χ0v) is 12.1. The topological polar surface area (TPSA) is 72.8 Å². The van der Waals surface area contributed by atoms with E-state index >= 15 is 0 Å². The first-order chi connectivity index (χ1) is 9.22. The molecule has 0 radical (unpaired) electrons. The molecule has 0 aliphatic heterocycles. The lowest BCUT2D eigenvalue weighted by molar-refractivity contribution is 0.756. The van der Waals surface area contributed by atoms with Crippen LogP contribution in [0.25, 0.3) is 0 Å². The number of nitrogens with zero attached hydrogens (tertiary/aromatic N) is 2. The Morgan fingerprint density at radius 1 is 1.26 bits per heavy atom. The average molecular weight is 296 g/mol. The van der Waals surface area contributed by atoms with Crippen LogP contribution in [-0.4, -0.2) is 30.1 Å². The summed E-state index contributed by atoms with van der Waals surface area (Å²) in [4.78, 5) is 0. The van der Waals surface area contributed by atoms with E-state index in [0.717, 1.165) is 5.69 Å². The molecule has 0 aromatic heterocycles. The van der Waals surface area contributed by atoms with E-state index in [4.69, 9.17) is 12.2 Å². The molecule has 0 fully saturated rings. The minimum atomic E-state index is -0.293. The molecule has 0 aliphatic carbocycles. The van der Waals surface area contributed by atoms with E-state index in [-0.39, 0.29) is 5.50 Å². The Labute approximate surface area is 123 Å². The number of anilines is 1. The number of rotatable bonds is 6. The van der Waals surface area contributed by atoms with Crippen LogP contribution in [0.2, 0.25) is 0 Å². The van der Waals surface area contributed by atoms with Gasteiger partial charge in [-0.2, -0.15) is 10.2 Å². The van der Waals surface area contributed by atoms with Crippen LogP contribution in [0.5, 0.6) is 0 Å². The lowest BCUT2D eigenvalue weighted by atomic mass is 10.3. The molecule has 1 unspecified atom stereocenters. The summed E-state index contributed by atoms with van der Waals surface area (Å²) in [5.74, 6) is 0. The van der Waals surface area contributed by atoms with Gasteiger partial charge in [0.25, 0.3) is 0 Å². The van der Waals surface area contributed by atoms with Crippen molar-refractivity contribution in [3.63, 3.8) is 0 Å². The minimum Gasteiger partial charge on any atom is -0.364 e. The summed E-state index contributed by atoms with van der Waals surface area (Å²) in [6.07, 6.45) is 2.96. The van der Waals surface area contributed by atoms with Gasteiger partial charge in [-0.3, -0.25) is 10.9 Å². The van der Waals surface area contributed by atoms with E-state index in [1.807, 2.05) is 30.3 Å². The highest BCUT2D eigenvalue weighted by Crippen LogP contribution is 2.06. The fourth-order valence-electron chi connectivity index (χ4n) is 1.06. The zero-order valence-electron chi connectivity index (χ0n) is 10.4. The van der Waals surface area contributed by atoms with Gasteiger partial charge in [-0.05, 0) is 24.4 Å². The summed E-state index contributed by atoms with van der Waals surface area (Å²) < 4.78 is 0. The molecule has 8 heteroatoms. The summed E-state index contributed by atoms with van der Waals surface area (Å²) in [6.45, 7) is 0. The van der Waals surface area contributed by atoms with Crippen LogP contribution in [-0.2, 0) is 0 Å². The van der Waals surface area contributed by atoms with Crippen molar-refractivity contribution in [2.45, 2.75) is 5.50 Å². The van der Waals surface area contributed by atoms with Crippen LogP contribution in [0.4, 0.5) is 5.69 Å². The second-order valence-electron chi connectivity index (χ2n) is 3.29. The Hall–Kier alpha value is -1.80. The molecular formula is C11H16N6S2. The number of hydrazone groups is 2. The average Bonchev–Trinajstić information content (AvgIpc) is 2.43. The van der Waals surface area contributed by atoms with Gasteiger partial charge < -0.3 is 10.6 Å². The first-order valence-electron chi connectivity index (χ1n) is 5.50. The number of thiol groups is 1. The molecule has 6 nitrogen and oxygen atoms in total. The van der Waals surface area contributed by atoms with Gasteiger partial charge in [0.1, 0.15) is 0 Å². The third-order valence-electron chi connectivity index (χ3n) is 1.88. The van der Waals surface area contributed by atoms with Crippen LogP contribution in [0, 0.1) is 0 Å². The number of hydrogen-bond acceptors (Lipinski definition) is 6. The molecule has 0 saturated heterocycles. The SMILES string of the molecule is CNC(=S)N/N=C/C=N/NC(S)Nc1ccccc1. The van der Waals surface area contributed by atoms with E-state index in [1.165, 1.54) is 12.4 Å². The molecule has 0 aliphatic rings. The molecule has 1 atom stereocenters. The molecule has 0 amide bonds. The quantitative estimate of drug-likeness (QED) is 0.178. The highest BCUT2D eigenvalue weighted by molar-refractivity contribution is 7.81. The number of thiocarbonyl (C=S) groups is 1. The van der Waals surface area contributed by atoms with Crippen molar-refractivity contribution in [1.82, 2.24) is 16.2 Å². The second kappa shape index (κ2) is 9.17. The minimum absolute atomic E-state index is 0.293. The normalized spacial score (nSPS) is 12.3. The molecular weight excluding hydrogens is 280 g/mol. The van der Waals surface area contributed by atoms with Gasteiger partial charge >= 0.3 is 0 Å². The molecule has 0 bridgehead atoms. The number of para-hydroxylation sites is 1. The van der Waals surface area contributed by atoms with Crippen molar-refractivity contribution in [3.8, 4) is 0 Å². The molecule has 4 N–H and O–H groups in total. The molecule has 1 aromatic carbocycles. The smallest absolute Gasteiger partial charge is 0.186 e. The number of nitrogens with one attached hydrogen (secondary N) is 4. The van der Waals surface area contributed by atoms with E-state index < -0.39 is 0 Å². The lowest BCUT2D eigenvalue weighted by Crippen LogP contribution is -2.28. The van der Waals surface area contributed by atoms with Crippen molar-refractivity contribution < 1.29 is 0 Å². The van der Waals surface area contributed by atoms with E-state index in [9.17, 15) is 0 Å². The van der Waals surface area contributed by atoms with Crippen molar-refractivity contribution in [3.05, 3.63) is 30.3 Å². The van der Waals surface area contributed by atoms with Gasteiger partial charge in [-0.15, -0.1) is 12.6 Å². The van der Waals surface area contributed by atoms with Gasteiger partial charge in [0.2, 0.25) is 0 Å². The molecule has 1 aromatic rings. The van der Waals surface area contributed by atoms with Crippen LogP contribution in [0.15, 0.2) is 40.5 Å². The standard InChI is InChI=1S/C11H16N6S2/c1-12-10(18)16-13-7-8-14-17-11(19)15-9-5-3-2-4-6-9/h2-8,11,15,17,19H,1H3,(H2,12,16,18)/b13-7+,14-8+. The van der Waals surface area contributed by atoms with E-state index in [2.05, 4.69) is 44.3 Å². The third kappa shape index (κ3) is 7.27. The largest absolute Gasteiger partial charge is 0.364 e. The monoisotopic (exact) mass is 296 g/mol. The molecule has 1 rings (SSSR count). The van der Waals surface area contributed by atoms with Gasteiger partial charge in [0, 0.05) is 12.7 Å². The lowest BCUT2D eigenvalue weighted by Gasteiger charge is -2.13. The molecule has 102 valence electrons. The van der Waals surface area contributed by atoms with Crippen molar-refractivity contribution in [2.75, 3.05) is 12.4 Å². The van der Waals surface area contributed by atoms with Crippen molar-refractivity contribution >= 4 is 48.1 Å². The fraction of sp³-hybridized carbons (Fsp3) is 0.182. The van der Waals surface area contributed by atoms with Gasteiger partial charge in [-0.25, -0.2) is 0 Å². The Balaban J connectivity index is 2.23. The summed E-state index contributed by atoms with van der Waals surface area (Å²) in [5.41, 5.74) is 6.05. The Kier molecular flexibility index (Phi) is 7.37. The van der Waals surface area contributed by atoms with E-state index in [1.54, 1.807) is 7.05 Å². The van der Waals surface area contributed by atoms with Crippen LogP contribution >= 0.6 is 24.8 Å². The second-order valence-corrected chi connectivity index (χ2v) is 4.21. The molecule has 0 spiro atoms. The zero-order chi connectivity index (χ0) is 13.9. The third-order valence-corrected chi connectivity index (χ3v) is 2.42. The van der Waals surface area contributed by atoms with Gasteiger partial charge in [-0.1, -0.05) is 18.2 Å². The van der Waals surface area contributed by atoms with Crippen molar-refractivity contribution in [1.29, 1.82) is 0 Å². The van der Waals surface area contributed by atoms with Crippen LogP contribution < -0.4 is 21.5 Å². The highest BCUT2D eigenvalue weighted by atomic mass is 32.1. The maximum atomic E-state index is 4.83. The maximum absolute atomic E-state index is 4.83. The molecule has 19 heavy (non-hydrogen) atoms. The first-order valence-corrected chi connectivity index (χ1v) is 6.42. The predicted molar refractivity (Wildman–Crippen MR) is 87.8 cm³/mol. The summed E-state index contributed by atoms with van der Waals surface area (Å²) >= 11 is 9.12. The highest BCUT2D eigenvalue weighted by Gasteiger charge is 1.97. The predicted octanol–water partition coefficient (Wildman–Crippen LogP) is 0.967. The number of hydrogen-bond donors (Lipinski definition) is 5. The Morgan fingerprint density at radius 3 is 2.63 bits per heavy atom. The molecule has 0 heterocycles. The van der Waals surface area contributed by atoms with Gasteiger partial charge in [0.15, 0.2) is 10.6 Å². The first kappa shape index (κ1) is 15.3. The molecule has 0 saturated carbocycles. The van der Waals surface area contributed by atoms with Crippen LogP contribution in [0.1, 0.15) is 0 Å². The fourth-order valence-corrected chi connectivity index (χ4v) is 1.33. The van der Waals surface area contributed by atoms with Gasteiger partial charge in [0.05, 0.1) is 12.4 Å². The Bertz CT molecular complexity index is 434. The maximum Gasteiger partial charge on any atom is 0.186 e. The van der Waals surface area contributed by atoms with Crippen LogP contribution in [0.3, 0.4) is 0 Å². The summed E-state index contributed by atoms with van der Waals surface area (Å²) in [5, 5.41) is 14.0.